The number of carbonyl (C=O) groups excluding carboxylic acids is 1. The number of phenolic OH excluding ortho intramolecular Hbond substituents is 1. The highest BCUT2D eigenvalue weighted by molar-refractivity contribution is 7.17. The number of phenols is 1. The molecule has 5 heteroatoms. The molecule has 3 aromatic rings. The van der Waals surface area contributed by atoms with Crippen molar-refractivity contribution in [2.24, 2.45) is 0 Å². The van der Waals surface area contributed by atoms with Gasteiger partial charge in [-0.2, -0.15) is 0 Å². The van der Waals surface area contributed by atoms with Gasteiger partial charge in [0.15, 0.2) is 0 Å². The summed E-state index contributed by atoms with van der Waals surface area (Å²) in [4.78, 5) is 17.3. The summed E-state index contributed by atoms with van der Waals surface area (Å²) in [6.45, 7) is 2.09. The smallest absolute Gasteiger partial charge is 0.350 e. The fourth-order valence-electron chi connectivity index (χ4n) is 2.21. The van der Waals surface area contributed by atoms with Crippen LogP contribution in [-0.2, 0) is 4.74 Å². The molecule has 1 heterocycles. The first-order valence-electron chi connectivity index (χ1n) is 7.22. The van der Waals surface area contributed by atoms with E-state index in [0.29, 0.717) is 22.2 Å². The Morgan fingerprint density at radius 3 is 2.57 bits per heavy atom. The van der Waals surface area contributed by atoms with Crippen molar-refractivity contribution < 1.29 is 14.6 Å². The number of aromatic nitrogens is 1. The molecule has 116 valence electrons. The Kier molecular flexibility index (Phi) is 4.39. The number of aromatic hydroxyl groups is 1. The average molecular weight is 325 g/mol. The third kappa shape index (κ3) is 3.24. The van der Waals surface area contributed by atoms with E-state index in [4.69, 9.17) is 4.74 Å². The summed E-state index contributed by atoms with van der Waals surface area (Å²) in [5.74, 6) is -0.216. The lowest BCUT2D eigenvalue weighted by Gasteiger charge is -2.01. The van der Waals surface area contributed by atoms with Gasteiger partial charge in [-0.15, -0.1) is 11.3 Å². The van der Waals surface area contributed by atoms with Crippen LogP contribution >= 0.6 is 11.3 Å². The van der Waals surface area contributed by atoms with Crippen molar-refractivity contribution >= 4 is 17.3 Å². The zero-order chi connectivity index (χ0) is 16.2. The number of carbonyl (C=O) groups is 1. The SMILES string of the molecule is CCOC(=O)c1sc(-c2cccc(O)c2)nc1-c1ccccc1. The third-order valence-electron chi connectivity index (χ3n) is 3.23. The van der Waals surface area contributed by atoms with E-state index >= 15 is 0 Å². The number of rotatable bonds is 4. The summed E-state index contributed by atoms with van der Waals surface area (Å²) < 4.78 is 5.15. The standard InChI is InChI=1S/C18H15NO3S/c1-2-22-18(21)16-15(12-7-4-3-5-8-12)19-17(23-16)13-9-6-10-14(20)11-13/h3-11,20H,2H2,1H3. The molecule has 0 fully saturated rings. The molecule has 4 nitrogen and oxygen atoms in total. The first-order chi connectivity index (χ1) is 11.2. The van der Waals surface area contributed by atoms with Crippen molar-refractivity contribution in [1.29, 1.82) is 0 Å². The summed E-state index contributed by atoms with van der Waals surface area (Å²) in [5, 5.41) is 10.3. The van der Waals surface area contributed by atoms with Crippen LogP contribution in [0, 0.1) is 0 Å². The van der Waals surface area contributed by atoms with Gasteiger partial charge in [0.25, 0.3) is 0 Å². The van der Waals surface area contributed by atoms with Crippen molar-refractivity contribution in [2.45, 2.75) is 6.92 Å². The number of hydrogen-bond acceptors (Lipinski definition) is 5. The summed E-state index contributed by atoms with van der Waals surface area (Å²) in [7, 11) is 0. The minimum Gasteiger partial charge on any atom is -0.508 e. The fraction of sp³-hybridized carbons (Fsp3) is 0.111. The predicted octanol–water partition coefficient (Wildman–Crippen LogP) is 4.36. The lowest BCUT2D eigenvalue weighted by Crippen LogP contribution is -2.03. The molecule has 23 heavy (non-hydrogen) atoms. The molecule has 3 rings (SSSR count). The van der Waals surface area contributed by atoms with Crippen LogP contribution in [-0.4, -0.2) is 22.7 Å². The molecule has 0 atom stereocenters. The second-order valence-corrected chi connectivity index (χ2v) is 5.83. The van der Waals surface area contributed by atoms with Gasteiger partial charge in [-0.25, -0.2) is 9.78 Å². The highest BCUT2D eigenvalue weighted by Gasteiger charge is 2.21. The predicted molar refractivity (Wildman–Crippen MR) is 90.6 cm³/mol. The number of ether oxygens (including phenoxy) is 1. The number of esters is 1. The minimum absolute atomic E-state index is 0.164. The van der Waals surface area contributed by atoms with Crippen LogP contribution in [0.5, 0.6) is 5.75 Å². The molecule has 0 bridgehead atoms. The molecular weight excluding hydrogens is 310 g/mol. The summed E-state index contributed by atoms with van der Waals surface area (Å²) in [6.07, 6.45) is 0. The van der Waals surface area contributed by atoms with Crippen molar-refractivity contribution in [1.82, 2.24) is 4.98 Å². The summed E-state index contributed by atoms with van der Waals surface area (Å²) in [5.41, 5.74) is 2.23. The Morgan fingerprint density at radius 2 is 1.87 bits per heavy atom. The first-order valence-corrected chi connectivity index (χ1v) is 8.03. The molecule has 0 saturated heterocycles. The molecule has 1 N–H and O–H groups in total. The fourth-order valence-corrected chi connectivity index (χ4v) is 3.19. The Morgan fingerprint density at radius 1 is 1.13 bits per heavy atom. The maximum Gasteiger partial charge on any atom is 0.350 e. The molecule has 0 spiro atoms. The highest BCUT2D eigenvalue weighted by Crippen LogP contribution is 2.35. The monoisotopic (exact) mass is 325 g/mol. The van der Waals surface area contributed by atoms with Gasteiger partial charge in [0.05, 0.1) is 12.3 Å². The zero-order valence-electron chi connectivity index (χ0n) is 12.5. The molecule has 0 amide bonds. The molecule has 0 aliphatic carbocycles. The summed E-state index contributed by atoms with van der Waals surface area (Å²) >= 11 is 1.27. The lowest BCUT2D eigenvalue weighted by molar-refractivity contribution is 0.0532. The molecule has 0 radical (unpaired) electrons. The highest BCUT2D eigenvalue weighted by atomic mass is 32.1. The quantitative estimate of drug-likeness (QED) is 0.724. The van der Waals surface area contributed by atoms with Gasteiger partial charge in [0, 0.05) is 11.1 Å². The van der Waals surface area contributed by atoms with E-state index in [-0.39, 0.29) is 11.7 Å². The average Bonchev–Trinajstić information content (AvgIpc) is 3.01. The van der Waals surface area contributed by atoms with Crippen molar-refractivity contribution in [3.63, 3.8) is 0 Å². The number of thiazole rings is 1. The Hall–Kier alpha value is -2.66. The van der Waals surface area contributed by atoms with E-state index < -0.39 is 0 Å². The molecule has 0 saturated carbocycles. The van der Waals surface area contributed by atoms with E-state index in [9.17, 15) is 9.90 Å². The van der Waals surface area contributed by atoms with Crippen LogP contribution in [0.15, 0.2) is 54.6 Å². The van der Waals surface area contributed by atoms with Crippen LogP contribution in [0.3, 0.4) is 0 Å². The Labute approximate surface area is 138 Å². The van der Waals surface area contributed by atoms with Gasteiger partial charge in [-0.1, -0.05) is 42.5 Å². The molecule has 0 unspecified atom stereocenters. The first kappa shape index (κ1) is 15.2. The minimum atomic E-state index is -0.379. The molecule has 2 aromatic carbocycles. The van der Waals surface area contributed by atoms with Gasteiger partial charge < -0.3 is 9.84 Å². The largest absolute Gasteiger partial charge is 0.508 e. The van der Waals surface area contributed by atoms with Crippen LogP contribution in [0.1, 0.15) is 16.6 Å². The van der Waals surface area contributed by atoms with E-state index in [1.54, 1.807) is 25.1 Å². The lowest BCUT2D eigenvalue weighted by atomic mass is 10.1. The van der Waals surface area contributed by atoms with Gasteiger partial charge in [-0.05, 0) is 19.1 Å². The zero-order valence-corrected chi connectivity index (χ0v) is 13.3. The van der Waals surface area contributed by atoms with Gasteiger partial charge in [0.1, 0.15) is 15.6 Å². The molecular formula is C18H15NO3S. The van der Waals surface area contributed by atoms with Gasteiger partial charge >= 0.3 is 5.97 Å². The Balaban J connectivity index is 2.12. The molecule has 0 aliphatic rings. The van der Waals surface area contributed by atoms with Crippen molar-refractivity contribution in [2.75, 3.05) is 6.61 Å². The Bertz CT molecular complexity index is 827. The van der Waals surface area contributed by atoms with E-state index in [1.807, 2.05) is 36.4 Å². The maximum absolute atomic E-state index is 12.2. The summed E-state index contributed by atoms with van der Waals surface area (Å²) in [6, 6.07) is 16.4. The maximum atomic E-state index is 12.2. The van der Waals surface area contributed by atoms with Crippen LogP contribution in [0.2, 0.25) is 0 Å². The van der Waals surface area contributed by atoms with E-state index in [1.165, 1.54) is 11.3 Å². The van der Waals surface area contributed by atoms with Crippen molar-refractivity contribution in [3.8, 4) is 27.6 Å². The van der Waals surface area contributed by atoms with Crippen molar-refractivity contribution in [3.05, 3.63) is 59.5 Å². The van der Waals surface area contributed by atoms with E-state index in [0.717, 1.165) is 11.1 Å². The second-order valence-electron chi connectivity index (χ2n) is 4.83. The molecule has 1 aromatic heterocycles. The van der Waals surface area contributed by atoms with Crippen LogP contribution in [0.4, 0.5) is 0 Å². The number of hydrogen-bond donors (Lipinski definition) is 1. The molecule has 0 aliphatic heterocycles. The number of nitrogens with zero attached hydrogens (tertiary/aromatic N) is 1. The second kappa shape index (κ2) is 6.62. The van der Waals surface area contributed by atoms with Gasteiger partial charge in [0.2, 0.25) is 0 Å². The van der Waals surface area contributed by atoms with Crippen LogP contribution in [0.25, 0.3) is 21.8 Å². The van der Waals surface area contributed by atoms with E-state index in [2.05, 4.69) is 4.98 Å². The van der Waals surface area contributed by atoms with Gasteiger partial charge in [-0.3, -0.25) is 0 Å². The normalized spacial score (nSPS) is 10.5. The number of benzene rings is 2. The topological polar surface area (TPSA) is 59.4 Å². The third-order valence-corrected chi connectivity index (χ3v) is 4.31. The van der Waals surface area contributed by atoms with Crippen LogP contribution < -0.4 is 0 Å².